The summed E-state index contributed by atoms with van der Waals surface area (Å²) in [5.41, 5.74) is 2.50. The lowest BCUT2D eigenvalue weighted by Crippen LogP contribution is -2.30. The van der Waals surface area contributed by atoms with E-state index < -0.39 is 0 Å². The fourth-order valence-corrected chi connectivity index (χ4v) is 3.65. The van der Waals surface area contributed by atoms with Gasteiger partial charge in [0.15, 0.2) is 0 Å². The Morgan fingerprint density at radius 2 is 1.77 bits per heavy atom. The smallest absolute Gasteiger partial charge is 0.246 e. The van der Waals surface area contributed by atoms with Crippen LogP contribution in [0, 0.1) is 0 Å². The van der Waals surface area contributed by atoms with E-state index in [2.05, 4.69) is 4.98 Å². The lowest BCUT2D eigenvalue weighted by molar-refractivity contribution is -0.118. The Morgan fingerprint density at radius 1 is 1.03 bits per heavy atom. The number of carbonyl (C=O) groups excluding carboxylic acids is 1. The molecule has 0 bridgehead atoms. The van der Waals surface area contributed by atoms with Crippen LogP contribution in [0.25, 0.3) is 11.0 Å². The number of para-hydroxylation sites is 3. The van der Waals surface area contributed by atoms with Crippen molar-refractivity contribution in [1.29, 1.82) is 0 Å². The van der Waals surface area contributed by atoms with Gasteiger partial charge in [-0.1, -0.05) is 53.5 Å². The molecule has 0 saturated carbocycles. The number of halogens is 2. The molecule has 3 aromatic carbocycles. The second-order valence-corrected chi connectivity index (χ2v) is 7.60. The number of imidazole rings is 1. The molecule has 0 aliphatic carbocycles. The monoisotopic (exact) mass is 439 g/mol. The van der Waals surface area contributed by atoms with Gasteiger partial charge >= 0.3 is 0 Å². The minimum Gasteiger partial charge on any atom is -0.484 e. The van der Waals surface area contributed by atoms with E-state index in [1.165, 1.54) is 0 Å². The Hall–Kier alpha value is -3.02. The van der Waals surface area contributed by atoms with Crippen molar-refractivity contribution in [2.24, 2.45) is 0 Å². The summed E-state index contributed by atoms with van der Waals surface area (Å²) < 4.78 is 7.75. The predicted octanol–water partition coefficient (Wildman–Crippen LogP) is 5.59. The number of benzene rings is 3. The summed E-state index contributed by atoms with van der Waals surface area (Å²) in [6.07, 6.45) is 0. The molecule has 0 saturated heterocycles. The molecule has 0 spiro atoms. The van der Waals surface area contributed by atoms with E-state index in [-0.39, 0.29) is 19.1 Å². The largest absolute Gasteiger partial charge is 0.484 e. The molecule has 30 heavy (non-hydrogen) atoms. The van der Waals surface area contributed by atoms with Gasteiger partial charge in [-0.25, -0.2) is 4.98 Å². The van der Waals surface area contributed by atoms with E-state index in [0.717, 1.165) is 16.7 Å². The van der Waals surface area contributed by atoms with Crippen LogP contribution >= 0.6 is 23.2 Å². The van der Waals surface area contributed by atoms with Crippen molar-refractivity contribution in [2.75, 3.05) is 11.9 Å². The number of hydrogen-bond donors (Lipinski definition) is 0. The zero-order valence-corrected chi connectivity index (χ0v) is 17.8. The molecular weight excluding hydrogens is 421 g/mol. The Kier molecular flexibility index (Phi) is 5.93. The highest BCUT2D eigenvalue weighted by Crippen LogP contribution is 2.28. The molecular formula is C23H19Cl2N3O2. The highest BCUT2D eigenvalue weighted by atomic mass is 35.5. The highest BCUT2D eigenvalue weighted by molar-refractivity contribution is 6.35. The molecule has 0 aliphatic heterocycles. The number of fused-ring (bicyclic) bond motifs is 1. The van der Waals surface area contributed by atoms with Gasteiger partial charge in [-0.2, -0.15) is 0 Å². The van der Waals surface area contributed by atoms with Crippen LogP contribution in [0.1, 0.15) is 5.82 Å². The van der Waals surface area contributed by atoms with E-state index in [9.17, 15) is 4.79 Å². The van der Waals surface area contributed by atoms with Gasteiger partial charge in [-0.15, -0.1) is 0 Å². The van der Waals surface area contributed by atoms with Gasteiger partial charge in [0.2, 0.25) is 5.91 Å². The number of amides is 1. The lowest BCUT2D eigenvalue weighted by Gasteiger charge is -2.19. The van der Waals surface area contributed by atoms with Gasteiger partial charge in [0, 0.05) is 17.8 Å². The molecule has 5 nitrogen and oxygen atoms in total. The van der Waals surface area contributed by atoms with Crippen LogP contribution in [-0.2, 0) is 17.9 Å². The number of carbonyl (C=O) groups is 1. The summed E-state index contributed by atoms with van der Waals surface area (Å²) in [6, 6.07) is 22.3. The molecule has 152 valence electrons. The average molecular weight is 440 g/mol. The van der Waals surface area contributed by atoms with E-state index in [1.54, 1.807) is 30.1 Å². The van der Waals surface area contributed by atoms with Gasteiger partial charge < -0.3 is 14.2 Å². The van der Waals surface area contributed by atoms with Crippen molar-refractivity contribution in [3.05, 3.63) is 88.7 Å². The quantitative estimate of drug-likeness (QED) is 0.393. The van der Waals surface area contributed by atoms with E-state index in [4.69, 9.17) is 27.9 Å². The molecule has 7 heteroatoms. The summed E-state index contributed by atoms with van der Waals surface area (Å²) in [7, 11) is 1.76. The standard InChI is InChI=1S/C23H19Cl2N3O2/c1-27(17-7-3-2-4-8-17)23(29)14-28-20-10-6-5-9-19(20)26-22(28)15-30-21-12-11-16(24)13-18(21)25/h2-13H,14-15H2,1H3. The molecule has 4 aromatic rings. The zero-order chi connectivity index (χ0) is 21.1. The zero-order valence-electron chi connectivity index (χ0n) is 16.3. The van der Waals surface area contributed by atoms with E-state index in [0.29, 0.717) is 21.6 Å². The number of rotatable bonds is 6. The fourth-order valence-electron chi connectivity index (χ4n) is 3.18. The third-order valence-corrected chi connectivity index (χ3v) is 5.33. The summed E-state index contributed by atoms with van der Waals surface area (Å²) >= 11 is 12.2. The van der Waals surface area contributed by atoms with Crippen LogP contribution in [0.5, 0.6) is 5.75 Å². The molecule has 0 aliphatic rings. The molecule has 1 amide bonds. The second kappa shape index (κ2) is 8.78. The average Bonchev–Trinajstić information content (AvgIpc) is 3.10. The molecule has 0 unspecified atom stereocenters. The van der Waals surface area contributed by atoms with Gasteiger partial charge in [0.1, 0.15) is 24.7 Å². The van der Waals surface area contributed by atoms with Crippen LogP contribution in [0.3, 0.4) is 0 Å². The van der Waals surface area contributed by atoms with Crippen molar-refractivity contribution in [1.82, 2.24) is 9.55 Å². The van der Waals surface area contributed by atoms with E-state index in [1.807, 2.05) is 59.2 Å². The molecule has 0 N–H and O–H groups in total. The summed E-state index contributed by atoms with van der Waals surface area (Å²) in [5.74, 6) is 1.08. The Balaban J connectivity index is 1.61. The summed E-state index contributed by atoms with van der Waals surface area (Å²) in [4.78, 5) is 19.3. The van der Waals surface area contributed by atoms with Crippen molar-refractivity contribution >= 4 is 45.8 Å². The topological polar surface area (TPSA) is 47.4 Å². The first-order valence-electron chi connectivity index (χ1n) is 9.36. The number of likely N-dealkylation sites (N-methyl/N-ethyl adjacent to an activating group) is 1. The SMILES string of the molecule is CN(C(=O)Cn1c(COc2ccc(Cl)cc2Cl)nc2ccccc21)c1ccccc1. The molecule has 0 atom stereocenters. The number of hydrogen-bond acceptors (Lipinski definition) is 3. The normalized spacial score (nSPS) is 10.9. The Bertz CT molecular complexity index is 1190. The van der Waals surface area contributed by atoms with E-state index >= 15 is 0 Å². The number of anilines is 1. The maximum Gasteiger partial charge on any atom is 0.246 e. The number of aromatic nitrogens is 2. The van der Waals surface area contributed by atoms with Crippen molar-refractivity contribution < 1.29 is 9.53 Å². The first-order valence-corrected chi connectivity index (χ1v) is 10.1. The Labute approximate surface area is 184 Å². The molecule has 1 heterocycles. The minimum atomic E-state index is -0.0601. The van der Waals surface area contributed by atoms with Crippen LogP contribution in [0.15, 0.2) is 72.8 Å². The van der Waals surface area contributed by atoms with Crippen LogP contribution in [-0.4, -0.2) is 22.5 Å². The molecule has 0 radical (unpaired) electrons. The molecule has 0 fully saturated rings. The maximum atomic E-state index is 13.0. The van der Waals surface area contributed by atoms with Crippen LogP contribution < -0.4 is 9.64 Å². The molecule has 1 aromatic heterocycles. The highest BCUT2D eigenvalue weighted by Gasteiger charge is 2.18. The van der Waals surface area contributed by atoms with Crippen molar-refractivity contribution in [2.45, 2.75) is 13.2 Å². The third kappa shape index (κ3) is 4.27. The maximum absolute atomic E-state index is 13.0. The lowest BCUT2D eigenvalue weighted by atomic mass is 10.3. The van der Waals surface area contributed by atoms with Crippen LogP contribution in [0.4, 0.5) is 5.69 Å². The number of ether oxygens (including phenoxy) is 1. The summed E-state index contributed by atoms with van der Waals surface area (Å²) in [5, 5.41) is 0.958. The predicted molar refractivity (Wildman–Crippen MR) is 120 cm³/mol. The Morgan fingerprint density at radius 3 is 2.53 bits per heavy atom. The second-order valence-electron chi connectivity index (χ2n) is 6.75. The summed E-state index contributed by atoms with van der Waals surface area (Å²) in [6.45, 7) is 0.303. The minimum absolute atomic E-state index is 0.0601. The number of nitrogens with zero attached hydrogens (tertiary/aromatic N) is 3. The van der Waals surface area contributed by atoms with Gasteiger partial charge in [0.25, 0.3) is 0 Å². The van der Waals surface area contributed by atoms with Gasteiger partial charge in [0.05, 0.1) is 16.1 Å². The van der Waals surface area contributed by atoms with Crippen molar-refractivity contribution in [3.8, 4) is 5.75 Å². The molecule has 4 rings (SSSR count). The van der Waals surface area contributed by atoms with Crippen LogP contribution in [0.2, 0.25) is 10.0 Å². The van der Waals surface area contributed by atoms with Gasteiger partial charge in [-0.05, 0) is 42.5 Å². The first-order chi connectivity index (χ1) is 14.5. The fraction of sp³-hybridized carbons (Fsp3) is 0.130. The third-order valence-electron chi connectivity index (χ3n) is 4.80. The first kappa shape index (κ1) is 20.3. The van der Waals surface area contributed by atoms with Crippen molar-refractivity contribution in [3.63, 3.8) is 0 Å². The van der Waals surface area contributed by atoms with Gasteiger partial charge in [-0.3, -0.25) is 4.79 Å².